The zero-order valence-corrected chi connectivity index (χ0v) is 12.5. The van der Waals surface area contributed by atoms with E-state index < -0.39 is 6.04 Å². The van der Waals surface area contributed by atoms with Gasteiger partial charge >= 0.3 is 5.97 Å². The minimum atomic E-state index is -0.472. The van der Waals surface area contributed by atoms with Gasteiger partial charge in [-0.05, 0) is 38.1 Å². The Balaban J connectivity index is 2.01. The Morgan fingerprint density at radius 3 is 2.73 bits per heavy atom. The van der Waals surface area contributed by atoms with Gasteiger partial charge in [-0.1, -0.05) is 6.07 Å². The van der Waals surface area contributed by atoms with E-state index >= 15 is 0 Å². The summed E-state index contributed by atoms with van der Waals surface area (Å²) in [6.07, 6.45) is 2.81. The van der Waals surface area contributed by atoms with E-state index in [4.69, 9.17) is 9.15 Å². The van der Waals surface area contributed by atoms with E-state index in [2.05, 4.69) is 10.6 Å². The number of rotatable bonds is 6. The third kappa shape index (κ3) is 4.12. The summed E-state index contributed by atoms with van der Waals surface area (Å²) in [4.78, 5) is 23.5. The highest BCUT2D eigenvalue weighted by Gasteiger charge is 2.14. The highest BCUT2D eigenvalue weighted by Crippen LogP contribution is 2.17. The molecule has 0 aliphatic carbocycles. The van der Waals surface area contributed by atoms with E-state index in [1.165, 1.54) is 12.5 Å². The van der Waals surface area contributed by atoms with Crippen LogP contribution in [0.1, 0.15) is 24.2 Å². The first-order valence-electron chi connectivity index (χ1n) is 6.97. The average molecular weight is 302 g/mol. The van der Waals surface area contributed by atoms with E-state index in [9.17, 15) is 9.59 Å². The molecule has 0 radical (unpaired) electrons. The first-order valence-corrected chi connectivity index (χ1v) is 6.97. The van der Waals surface area contributed by atoms with Gasteiger partial charge in [0.1, 0.15) is 12.3 Å². The molecule has 0 unspecified atom stereocenters. The van der Waals surface area contributed by atoms with Crippen molar-refractivity contribution in [2.75, 3.05) is 17.2 Å². The topological polar surface area (TPSA) is 80.6 Å². The predicted octanol–water partition coefficient (Wildman–Crippen LogP) is 2.90. The third-order valence-corrected chi connectivity index (χ3v) is 2.93. The largest absolute Gasteiger partial charge is 0.472 e. The van der Waals surface area contributed by atoms with Crippen molar-refractivity contribution in [3.8, 4) is 0 Å². The Hall–Kier alpha value is -2.76. The van der Waals surface area contributed by atoms with Gasteiger partial charge in [0.05, 0.1) is 18.4 Å². The van der Waals surface area contributed by atoms with Gasteiger partial charge in [-0.3, -0.25) is 4.79 Å². The van der Waals surface area contributed by atoms with E-state index in [0.717, 1.165) is 0 Å². The van der Waals surface area contributed by atoms with Gasteiger partial charge in [0.15, 0.2) is 0 Å². The molecule has 1 amide bonds. The summed E-state index contributed by atoms with van der Waals surface area (Å²) in [5, 5.41) is 5.79. The Morgan fingerprint density at radius 2 is 2.05 bits per heavy atom. The second kappa shape index (κ2) is 7.31. The van der Waals surface area contributed by atoms with Crippen LogP contribution in [0.25, 0.3) is 0 Å². The van der Waals surface area contributed by atoms with Crippen LogP contribution in [0.4, 0.5) is 11.4 Å². The van der Waals surface area contributed by atoms with Crippen LogP contribution in [0, 0.1) is 0 Å². The molecule has 0 bridgehead atoms. The number of esters is 1. The Morgan fingerprint density at radius 1 is 1.27 bits per heavy atom. The molecule has 1 aromatic carbocycles. The lowest BCUT2D eigenvalue weighted by Crippen LogP contribution is -2.28. The van der Waals surface area contributed by atoms with Crippen LogP contribution in [-0.4, -0.2) is 24.5 Å². The molecular weight excluding hydrogens is 284 g/mol. The molecule has 0 aliphatic rings. The number of amides is 1. The summed E-state index contributed by atoms with van der Waals surface area (Å²) in [6, 6.07) is 8.21. The fraction of sp³-hybridized carbons (Fsp3) is 0.250. The van der Waals surface area contributed by atoms with Crippen molar-refractivity contribution < 1.29 is 18.7 Å². The van der Waals surface area contributed by atoms with Gasteiger partial charge in [-0.2, -0.15) is 0 Å². The zero-order chi connectivity index (χ0) is 15.9. The molecule has 1 atom stereocenters. The summed E-state index contributed by atoms with van der Waals surface area (Å²) in [6.45, 7) is 3.82. The monoisotopic (exact) mass is 302 g/mol. The van der Waals surface area contributed by atoms with Crippen LogP contribution in [0.5, 0.6) is 0 Å². The van der Waals surface area contributed by atoms with Crippen molar-refractivity contribution >= 4 is 23.3 Å². The lowest BCUT2D eigenvalue weighted by Gasteiger charge is -2.14. The second-order valence-electron chi connectivity index (χ2n) is 4.67. The SMILES string of the molecule is CCOC(=O)[C@@H](C)Nc1cccc(NC(=O)c2ccoc2)c1. The maximum absolute atomic E-state index is 11.9. The molecule has 116 valence electrons. The van der Waals surface area contributed by atoms with E-state index in [0.29, 0.717) is 23.5 Å². The van der Waals surface area contributed by atoms with Gasteiger partial charge in [-0.15, -0.1) is 0 Å². The quantitative estimate of drug-likeness (QED) is 0.802. The van der Waals surface area contributed by atoms with Crippen molar-refractivity contribution in [1.82, 2.24) is 0 Å². The predicted molar refractivity (Wildman–Crippen MR) is 82.8 cm³/mol. The molecule has 2 rings (SSSR count). The fourth-order valence-corrected chi connectivity index (χ4v) is 1.86. The maximum atomic E-state index is 11.9. The van der Waals surface area contributed by atoms with Crippen molar-refractivity contribution in [3.63, 3.8) is 0 Å². The number of benzene rings is 1. The number of anilines is 2. The summed E-state index contributed by atoms with van der Waals surface area (Å²) < 4.78 is 9.81. The van der Waals surface area contributed by atoms with Gasteiger partial charge in [0.2, 0.25) is 0 Å². The summed E-state index contributed by atoms with van der Waals surface area (Å²) >= 11 is 0. The first-order chi connectivity index (χ1) is 10.6. The molecule has 0 aliphatic heterocycles. The highest BCUT2D eigenvalue weighted by atomic mass is 16.5. The molecule has 22 heavy (non-hydrogen) atoms. The highest BCUT2D eigenvalue weighted by molar-refractivity contribution is 6.04. The number of carbonyl (C=O) groups is 2. The molecular formula is C16H18N2O4. The van der Waals surface area contributed by atoms with Crippen LogP contribution in [-0.2, 0) is 9.53 Å². The minimum Gasteiger partial charge on any atom is -0.472 e. The van der Waals surface area contributed by atoms with Crippen molar-refractivity contribution in [2.45, 2.75) is 19.9 Å². The zero-order valence-electron chi connectivity index (χ0n) is 12.5. The Bertz CT molecular complexity index is 637. The summed E-state index contributed by atoms with van der Waals surface area (Å²) in [5.41, 5.74) is 1.77. The second-order valence-corrected chi connectivity index (χ2v) is 4.67. The van der Waals surface area contributed by atoms with Crippen LogP contribution in [0.3, 0.4) is 0 Å². The standard InChI is InChI=1S/C16H18N2O4/c1-3-22-16(20)11(2)17-13-5-4-6-14(9-13)18-15(19)12-7-8-21-10-12/h4-11,17H,3H2,1-2H3,(H,18,19)/t11-/m1/s1. The summed E-state index contributed by atoms with van der Waals surface area (Å²) in [7, 11) is 0. The average Bonchev–Trinajstić information content (AvgIpc) is 3.02. The third-order valence-electron chi connectivity index (χ3n) is 2.93. The molecule has 6 heteroatoms. The number of hydrogen-bond acceptors (Lipinski definition) is 5. The molecule has 6 nitrogen and oxygen atoms in total. The van der Waals surface area contributed by atoms with Gasteiger partial charge < -0.3 is 19.8 Å². The maximum Gasteiger partial charge on any atom is 0.328 e. The smallest absolute Gasteiger partial charge is 0.328 e. The molecule has 1 aromatic heterocycles. The number of furan rings is 1. The van der Waals surface area contributed by atoms with E-state index in [1.54, 1.807) is 38.1 Å². The Kier molecular flexibility index (Phi) is 5.19. The fourth-order valence-electron chi connectivity index (χ4n) is 1.86. The lowest BCUT2D eigenvalue weighted by atomic mass is 10.2. The summed E-state index contributed by atoms with van der Waals surface area (Å²) in [5.74, 6) is -0.584. The van der Waals surface area contributed by atoms with Gasteiger partial charge in [-0.25, -0.2) is 4.79 Å². The molecule has 0 saturated carbocycles. The van der Waals surface area contributed by atoms with Gasteiger partial charge in [0, 0.05) is 11.4 Å². The molecule has 2 aromatic rings. The van der Waals surface area contributed by atoms with Crippen molar-refractivity contribution in [2.24, 2.45) is 0 Å². The minimum absolute atomic E-state index is 0.260. The van der Waals surface area contributed by atoms with E-state index in [-0.39, 0.29) is 11.9 Å². The van der Waals surface area contributed by atoms with Crippen molar-refractivity contribution in [3.05, 3.63) is 48.4 Å². The Labute approximate surface area is 128 Å². The lowest BCUT2D eigenvalue weighted by molar-refractivity contribution is -0.143. The van der Waals surface area contributed by atoms with Crippen LogP contribution < -0.4 is 10.6 Å². The number of nitrogens with one attached hydrogen (secondary N) is 2. The molecule has 0 fully saturated rings. The van der Waals surface area contributed by atoms with E-state index in [1.807, 2.05) is 6.07 Å². The first kappa shape index (κ1) is 15.6. The van der Waals surface area contributed by atoms with Crippen molar-refractivity contribution in [1.29, 1.82) is 0 Å². The van der Waals surface area contributed by atoms with Crippen LogP contribution >= 0.6 is 0 Å². The number of ether oxygens (including phenoxy) is 1. The number of hydrogen-bond donors (Lipinski definition) is 2. The van der Waals surface area contributed by atoms with Gasteiger partial charge in [0.25, 0.3) is 5.91 Å². The van der Waals surface area contributed by atoms with Crippen LogP contribution in [0.15, 0.2) is 47.3 Å². The molecule has 2 N–H and O–H groups in total. The van der Waals surface area contributed by atoms with Crippen LogP contribution in [0.2, 0.25) is 0 Å². The molecule has 0 saturated heterocycles. The normalized spacial score (nSPS) is 11.5. The molecule has 0 spiro atoms. The number of carbonyl (C=O) groups excluding carboxylic acids is 2. The molecule has 1 heterocycles.